The molecule has 7 nitrogen and oxygen atoms in total. The van der Waals surface area contributed by atoms with E-state index in [2.05, 4.69) is 4.98 Å². The van der Waals surface area contributed by atoms with Crippen molar-refractivity contribution in [3.63, 3.8) is 0 Å². The molecule has 2 heterocycles. The van der Waals surface area contributed by atoms with Gasteiger partial charge in [-0.25, -0.2) is 4.79 Å². The van der Waals surface area contributed by atoms with Crippen molar-refractivity contribution in [2.45, 2.75) is 25.4 Å². The zero-order chi connectivity index (χ0) is 12.6. The van der Waals surface area contributed by atoms with Crippen LogP contribution >= 0.6 is 0 Å². The molecule has 1 saturated heterocycles. The predicted octanol–water partition coefficient (Wildman–Crippen LogP) is -1.29. The average molecular weight is 241 g/mol. The summed E-state index contributed by atoms with van der Waals surface area (Å²) in [4.78, 5) is 15.2. The largest absolute Gasteiger partial charge is 0.394 e. The minimum atomic E-state index is -0.811. The van der Waals surface area contributed by atoms with E-state index in [0.29, 0.717) is 0 Å². The first-order valence-electron chi connectivity index (χ1n) is 5.33. The number of aliphatic hydroxyl groups is 2. The van der Waals surface area contributed by atoms with Crippen molar-refractivity contribution in [1.82, 2.24) is 9.55 Å². The second-order valence-corrected chi connectivity index (χ2v) is 4.14. The number of hydrogen-bond donors (Lipinski definition) is 3. The molecule has 0 bridgehead atoms. The zero-order valence-electron chi connectivity index (χ0n) is 9.35. The highest BCUT2D eigenvalue weighted by Crippen LogP contribution is 2.33. The van der Waals surface area contributed by atoms with E-state index in [-0.39, 0.29) is 18.3 Å². The molecule has 0 amide bonds. The van der Waals surface area contributed by atoms with Gasteiger partial charge >= 0.3 is 5.69 Å². The molecule has 0 saturated carbocycles. The van der Waals surface area contributed by atoms with Crippen molar-refractivity contribution < 1.29 is 14.9 Å². The van der Waals surface area contributed by atoms with Crippen LogP contribution < -0.4 is 11.4 Å². The third kappa shape index (κ3) is 2.04. The minimum absolute atomic E-state index is 0.135. The van der Waals surface area contributed by atoms with Crippen LogP contribution in [0, 0.1) is 5.92 Å². The van der Waals surface area contributed by atoms with Crippen molar-refractivity contribution in [3.05, 3.63) is 22.7 Å². The highest BCUT2D eigenvalue weighted by molar-refractivity contribution is 5.23. The Kier molecular flexibility index (Phi) is 3.14. The normalized spacial score (nSPS) is 32.9. The summed E-state index contributed by atoms with van der Waals surface area (Å²) >= 11 is 0. The maximum Gasteiger partial charge on any atom is 0.351 e. The third-order valence-corrected chi connectivity index (χ3v) is 2.99. The second-order valence-electron chi connectivity index (χ2n) is 4.14. The zero-order valence-corrected chi connectivity index (χ0v) is 9.35. The van der Waals surface area contributed by atoms with Gasteiger partial charge < -0.3 is 20.7 Å². The van der Waals surface area contributed by atoms with Gasteiger partial charge in [0.1, 0.15) is 18.1 Å². The number of nitrogen functional groups attached to an aromatic ring is 1. The Morgan fingerprint density at radius 1 is 1.65 bits per heavy atom. The highest BCUT2D eigenvalue weighted by Gasteiger charge is 2.41. The van der Waals surface area contributed by atoms with Gasteiger partial charge in [-0.05, 0) is 6.07 Å². The summed E-state index contributed by atoms with van der Waals surface area (Å²) in [7, 11) is 0. The maximum absolute atomic E-state index is 11.6. The Labute approximate surface area is 97.5 Å². The van der Waals surface area contributed by atoms with Gasteiger partial charge in [0, 0.05) is 12.1 Å². The minimum Gasteiger partial charge on any atom is -0.394 e. The lowest BCUT2D eigenvalue weighted by molar-refractivity contribution is -0.0476. The fourth-order valence-electron chi connectivity index (χ4n) is 1.98. The van der Waals surface area contributed by atoms with E-state index in [1.165, 1.54) is 16.8 Å². The summed E-state index contributed by atoms with van der Waals surface area (Å²) in [5, 5.41) is 18.8. The first kappa shape index (κ1) is 12.0. The van der Waals surface area contributed by atoms with E-state index in [0.717, 1.165) is 0 Å². The summed E-state index contributed by atoms with van der Waals surface area (Å²) in [6.07, 6.45) is -0.658. The standard InChI is InChI=1S/C10H15N3O4/c1-5-8(15)6(4-14)17-9(5)13-3-2-7(11)12-10(13)16/h2-3,5-6,8-9,14-15H,4H2,1H3,(H2,11,12,16)/t5-,6+,8-,9+/m0/s1. The lowest BCUT2D eigenvalue weighted by Crippen LogP contribution is -2.30. The maximum atomic E-state index is 11.6. The van der Waals surface area contributed by atoms with Crippen LogP contribution in [0.2, 0.25) is 0 Å². The van der Waals surface area contributed by atoms with Crippen LogP contribution in [0.25, 0.3) is 0 Å². The second kappa shape index (κ2) is 4.44. The topological polar surface area (TPSA) is 111 Å². The number of aliphatic hydroxyl groups excluding tert-OH is 2. The fourth-order valence-corrected chi connectivity index (χ4v) is 1.98. The van der Waals surface area contributed by atoms with Gasteiger partial charge in [0.15, 0.2) is 0 Å². The molecule has 0 aliphatic carbocycles. The average Bonchev–Trinajstić information content (AvgIpc) is 2.57. The van der Waals surface area contributed by atoms with Crippen molar-refractivity contribution in [2.75, 3.05) is 12.3 Å². The number of hydrogen-bond acceptors (Lipinski definition) is 6. The van der Waals surface area contributed by atoms with Gasteiger partial charge in [-0.3, -0.25) is 4.57 Å². The third-order valence-electron chi connectivity index (χ3n) is 2.99. The number of anilines is 1. The van der Waals surface area contributed by atoms with Gasteiger partial charge in [0.05, 0.1) is 12.7 Å². The van der Waals surface area contributed by atoms with E-state index in [1.807, 2.05) is 0 Å². The van der Waals surface area contributed by atoms with Crippen molar-refractivity contribution >= 4 is 5.82 Å². The molecule has 1 aliphatic rings. The molecule has 1 aliphatic heterocycles. The van der Waals surface area contributed by atoms with E-state index >= 15 is 0 Å². The number of aromatic nitrogens is 2. The number of ether oxygens (including phenoxy) is 1. The molecule has 4 atom stereocenters. The highest BCUT2D eigenvalue weighted by atomic mass is 16.5. The van der Waals surface area contributed by atoms with E-state index < -0.39 is 24.1 Å². The van der Waals surface area contributed by atoms with Crippen molar-refractivity contribution in [3.8, 4) is 0 Å². The summed E-state index contributed by atoms with van der Waals surface area (Å²) in [6, 6.07) is 1.48. The van der Waals surface area contributed by atoms with Crippen molar-refractivity contribution in [2.24, 2.45) is 5.92 Å². The van der Waals surface area contributed by atoms with Crippen LogP contribution in [0.4, 0.5) is 5.82 Å². The van der Waals surface area contributed by atoms with Crippen LogP contribution in [-0.2, 0) is 4.74 Å². The Balaban J connectivity index is 2.32. The SMILES string of the molecule is C[C@H]1[C@H](O)[C@@H](CO)O[C@H]1n1ccc(N)nc1=O. The van der Waals surface area contributed by atoms with Crippen LogP contribution in [-0.4, -0.2) is 38.6 Å². The Morgan fingerprint density at radius 2 is 2.35 bits per heavy atom. The molecule has 1 aromatic rings. The van der Waals surface area contributed by atoms with E-state index in [1.54, 1.807) is 6.92 Å². The first-order chi connectivity index (χ1) is 8.04. The Morgan fingerprint density at radius 3 is 2.88 bits per heavy atom. The molecule has 0 spiro atoms. The molecular weight excluding hydrogens is 226 g/mol. The molecule has 0 aromatic carbocycles. The van der Waals surface area contributed by atoms with Gasteiger partial charge in [0.2, 0.25) is 0 Å². The molecule has 1 fully saturated rings. The van der Waals surface area contributed by atoms with Crippen LogP contribution in [0.1, 0.15) is 13.2 Å². The predicted molar refractivity (Wildman–Crippen MR) is 59.1 cm³/mol. The molecule has 7 heteroatoms. The molecule has 94 valence electrons. The molecule has 4 N–H and O–H groups in total. The molecule has 0 unspecified atom stereocenters. The lowest BCUT2D eigenvalue weighted by atomic mass is 10.0. The number of nitrogens with two attached hydrogens (primary N) is 1. The quantitative estimate of drug-likeness (QED) is 0.594. The summed E-state index contributed by atoms with van der Waals surface area (Å²) in [5.41, 5.74) is 4.85. The Bertz CT molecular complexity index is 461. The summed E-state index contributed by atoms with van der Waals surface area (Å²) < 4.78 is 6.69. The summed E-state index contributed by atoms with van der Waals surface area (Å²) in [6.45, 7) is 1.45. The van der Waals surface area contributed by atoms with Crippen molar-refractivity contribution in [1.29, 1.82) is 0 Å². The van der Waals surface area contributed by atoms with Gasteiger partial charge in [-0.2, -0.15) is 4.98 Å². The molecule has 1 aromatic heterocycles. The number of rotatable bonds is 2. The van der Waals surface area contributed by atoms with Gasteiger partial charge in [-0.1, -0.05) is 6.92 Å². The monoisotopic (exact) mass is 241 g/mol. The molecule has 2 rings (SSSR count). The van der Waals surface area contributed by atoms with Gasteiger partial charge in [0.25, 0.3) is 0 Å². The van der Waals surface area contributed by atoms with E-state index in [9.17, 15) is 9.90 Å². The molecule has 0 radical (unpaired) electrons. The summed E-state index contributed by atoms with van der Waals surface area (Å²) in [5.74, 6) is -0.175. The lowest BCUT2D eigenvalue weighted by Gasteiger charge is -2.17. The molecular formula is C10H15N3O4. The first-order valence-corrected chi connectivity index (χ1v) is 5.33. The van der Waals surface area contributed by atoms with Crippen LogP contribution in [0.5, 0.6) is 0 Å². The smallest absolute Gasteiger partial charge is 0.351 e. The van der Waals surface area contributed by atoms with Gasteiger partial charge in [-0.15, -0.1) is 0 Å². The fraction of sp³-hybridized carbons (Fsp3) is 0.600. The van der Waals surface area contributed by atoms with E-state index in [4.69, 9.17) is 15.6 Å². The molecule has 17 heavy (non-hydrogen) atoms. The van der Waals surface area contributed by atoms with Crippen LogP contribution in [0.15, 0.2) is 17.1 Å². The number of nitrogens with zero attached hydrogens (tertiary/aromatic N) is 2. The Hall–Kier alpha value is -1.44. The van der Waals surface area contributed by atoms with Crippen LogP contribution in [0.3, 0.4) is 0 Å².